The van der Waals surface area contributed by atoms with Crippen molar-refractivity contribution in [3.05, 3.63) is 65.5 Å². The molecule has 0 saturated heterocycles. The summed E-state index contributed by atoms with van der Waals surface area (Å²) in [5.41, 5.74) is 0.858. The summed E-state index contributed by atoms with van der Waals surface area (Å²) in [4.78, 5) is 0. The van der Waals surface area contributed by atoms with E-state index in [-0.39, 0.29) is 18.0 Å². The molecule has 4 nitrogen and oxygen atoms in total. The number of rotatable bonds is 7. The number of ether oxygens (including phenoxy) is 1. The lowest BCUT2D eigenvalue weighted by atomic mass is 10.0. The highest BCUT2D eigenvalue weighted by Gasteiger charge is 2.45. The SMILES string of the molecule is N#Cc1ccc(OCC(O)CNC2(c3ccccc3F)CC2)cc1. The molecule has 0 amide bonds. The molecule has 0 bridgehead atoms. The predicted molar refractivity (Wildman–Crippen MR) is 88.0 cm³/mol. The van der Waals surface area contributed by atoms with Gasteiger partial charge in [-0.3, -0.25) is 0 Å². The van der Waals surface area contributed by atoms with Crippen LogP contribution in [0.2, 0.25) is 0 Å². The quantitative estimate of drug-likeness (QED) is 0.821. The Morgan fingerprint density at radius 2 is 1.92 bits per heavy atom. The Kier molecular flexibility index (Phi) is 4.79. The summed E-state index contributed by atoms with van der Waals surface area (Å²) in [5, 5.41) is 22.1. The highest BCUT2D eigenvalue weighted by Crippen LogP contribution is 2.46. The second-order valence-corrected chi connectivity index (χ2v) is 6.04. The van der Waals surface area contributed by atoms with Gasteiger partial charge in [-0.1, -0.05) is 18.2 Å². The third-order valence-corrected chi connectivity index (χ3v) is 4.24. The van der Waals surface area contributed by atoms with Gasteiger partial charge in [-0.2, -0.15) is 5.26 Å². The van der Waals surface area contributed by atoms with Crippen LogP contribution in [0.5, 0.6) is 5.75 Å². The molecule has 0 spiro atoms. The zero-order chi connectivity index (χ0) is 17.0. The fourth-order valence-electron chi connectivity index (χ4n) is 2.71. The van der Waals surface area contributed by atoms with Crippen molar-refractivity contribution in [3.63, 3.8) is 0 Å². The van der Waals surface area contributed by atoms with Crippen molar-refractivity contribution < 1.29 is 14.2 Å². The van der Waals surface area contributed by atoms with Crippen molar-refractivity contribution in [1.29, 1.82) is 5.26 Å². The third-order valence-electron chi connectivity index (χ3n) is 4.24. The van der Waals surface area contributed by atoms with Crippen LogP contribution in [0.3, 0.4) is 0 Å². The molecule has 1 saturated carbocycles. The van der Waals surface area contributed by atoms with E-state index in [1.54, 1.807) is 36.4 Å². The fourth-order valence-corrected chi connectivity index (χ4v) is 2.71. The second-order valence-electron chi connectivity index (χ2n) is 6.04. The summed E-state index contributed by atoms with van der Waals surface area (Å²) in [6.07, 6.45) is 1.01. The van der Waals surface area contributed by atoms with Crippen molar-refractivity contribution in [2.75, 3.05) is 13.2 Å². The predicted octanol–water partition coefficient (Wildman–Crippen LogP) is 2.72. The van der Waals surface area contributed by atoms with Crippen molar-refractivity contribution in [1.82, 2.24) is 5.32 Å². The lowest BCUT2D eigenvalue weighted by Crippen LogP contribution is -2.38. The minimum Gasteiger partial charge on any atom is -0.491 e. The first-order chi connectivity index (χ1) is 11.6. The Morgan fingerprint density at radius 3 is 2.54 bits per heavy atom. The normalized spacial score (nSPS) is 16.2. The van der Waals surface area contributed by atoms with Crippen molar-refractivity contribution in [2.24, 2.45) is 0 Å². The van der Waals surface area contributed by atoms with Gasteiger partial charge in [-0.15, -0.1) is 0 Å². The number of nitriles is 1. The van der Waals surface area contributed by atoms with Crippen LogP contribution >= 0.6 is 0 Å². The van der Waals surface area contributed by atoms with Gasteiger partial charge in [0.05, 0.1) is 11.6 Å². The molecule has 1 atom stereocenters. The van der Waals surface area contributed by atoms with E-state index < -0.39 is 6.10 Å². The van der Waals surface area contributed by atoms with Gasteiger partial charge in [-0.05, 0) is 43.2 Å². The summed E-state index contributed by atoms with van der Waals surface area (Å²) in [6, 6.07) is 15.5. The Labute approximate surface area is 140 Å². The first-order valence-electron chi connectivity index (χ1n) is 7.94. The smallest absolute Gasteiger partial charge is 0.128 e. The molecular formula is C19H19FN2O2. The Bertz CT molecular complexity index is 736. The van der Waals surface area contributed by atoms with Crippen molar-refractivity contribution in [3.8, 4) is 11.8 Å². The van der Waals surface area contributed by atoms with E-state index in [0.29, 0.717) is 23.4 Å². The van der Waals surface area contributed by atoms with Gasteiger partial charge in [0.2, 0.25) is 0 Å². The molecule has 5 heteroatoms. The molecule has 24 heavy (non-hydrogen) atoms. The molecule has 0 heterocycles. The highest BCUT2D eigenvalue weighted by atomic mass is 19.1. The molecule has 2 aromatic carbocycles. The molecular weight excluding hydrogens is 307 g/mol. The van der Waals surface area contributed by atoms with E-state index in [1.807, 2.05) is 12.1 Å². The molecule has 1 aliphatic carbocycles. The number of benzene rings is 2. The number of hydrogen-bond acceptors (Lipinski definition) is 4. The molecule has 1 unspecified atom stereocenters. The van der Waals surface area contributed by atoms with Gasteiger partial charge in [0, 0.05) is 17.6 Å². The van der Waals surface area contributed by atoms with Crippen LogP contribution in [-0.2, 0) is 5.54 Å². The monoisotopic (exact) mass is 326 g/mol. The first-order valence-corrected chi connectivity index (χ1v) is 7.94. The van der Waals surface area contributed by atoms with Gasteiger partial charge >= 0.3 is 0 Å². The molecule has 0 aromatic heterocycles. The third kappa shape index (κ3) is 3.73. The highest BCUT2D eigenvalue weighted by molar-refractivity contribution is 5.34. The van der Waals surface area contributed by atoms with Crippen LogP contribution in [0.25, 0.3) is 0 Å². The maximum absolute atomic E-state index is 13.9. The van der Waals surface area contributed by atoms with E-state index in [2.05, 4.69) is 5.32 Å². The van der Waals surface area contributed by atoms with E-state index in [0.717, 1.165) is 12.8 Å². The number of halogens is 1. The average Bonchev–Trinajstić information content (AvgIpc) is 3.40. The summed E-state index contributed by atoms with van der Waals surface area (Å²) in [7, 11) is 0. The summed E-state index contributed by atoms with van der Waals surface area (Å²) in [5.74, 6) is 0.383. The standard InChI is InChI=1S/C19H19FN2O2/c20-18-4-2-1-3-17(18)19(9-10-19)22-12-15(23)13-24-16-7-5-14(11-21)6-8-16/h1-8,15,22-23H,9-10,12-13H2. The van der Waals surface area contributed by atoms with Crippen LogP contribution in [0.4, 0.5) is 4.39 Å². The van der Waals surface area contributed by atoms with Crippen LogP contribution < -0.4 is 10.1 Å². The molecule has 0 aliphatic heterocycles. The number of aliphatic hydroxyl groups excluding tert-OH is 1. The number of hydrogen-bond donors (Lipinski definition) is 2. The average molecular weight is 326 g/mol. The lowest BCUT2D eigenvalue weighted by Gasteiger charge is -2.21. The fraction of sp³-hybridized carbons (Fsp3) is 0.316. The van der Waals surface area contributed by atoms with E-state index in [4.69, 9.17) is 10.00 Å². The maximum Gasteiger partial charge on any atom is 0.128 e. The summed E-state index contributed by atoms with van der Waals surface area (Å²) in [6.45, 7) is 0.455. The van der Waals surface area contributed by atoms with Crippen molar-refractivity contribution >= 4 is 0 Å². The van der Waals surface area contributed by atoms with E-state index >= 15 is 0 Å². The molecule has 1 fully saturated rings. The molecule has 0 radical (unpaired) electrons. The largest absolute Gasteiger partial charge is 0.491 e. The minimum absolute atomic E-state index is 0.131. The molecule has 1 aliphatic rings. The Hall–Kier alpha value is -2.42. The zero-order valence-corrected chi connectivity index (χ0v) is 13.2. The molecule has 3 rings (SSSR count). The first kappa shape index (κ1) is 16.4. The van der Waals surface area contributed by atoms with E-state index in [9.17, 15) is 9.50 Å². The van der Waals surface area contributed by atoms with Gasteiger partial charge in [-0.25, -0.2) is 4.39 Å². The van der Waals surface area contributed by atoms with Gasteiger partial charge in [0.15, 0.2) is 0 Å². The number of nitrogens with one attached hydrogen (secondary N) is 1. The molecule has 2 aromatic rings. The molecule has 124 valence electrons. The molecule has 2 N–H and O–H groups in total. The number of aliphatic hydroxyl groups is 1. The van der Waals surface area contributed by atoms with Gasteiger partial charge < -0.3 is 15.2 Å². The minimum atomic E-state index is -0.704. The van der Waals surface area contributed by atoms with Gasteiger partial charge in [0.1, 0.15) is 24.3 Å². The zero-order valence-electron chi connectivity index (χ0n) is 13.2. The summed E-state index contributed by atoms with van der Waals surface area (Å²) >= 11 is 0. The van der Waals surface area contributed by atoms with Crippen LogP contribution in [0.15, 0.2) is 48.5 Å². The van der Waals surface area contributed by atoms with Crippen molar-refractivity contribution in [2.45, 2.75) is 24.5 Å². The summed E-state index contributed by atoms with van der Waals surface area (Å²) < 4.78 is 19.4. The Balaban J connectivity index is 1.50. The van der Waals surface area contributed by atoms with Gasteiger partial charge in [0.25, 0.3) is 0 Å². The van der Waals surface area contributed by atoms with Crippen LogP contribution in [0, 0.1) is 17.1 Å². The van der Waals surface area contributed by atoms with E-state index in [1.165, 1.54) is 6.07 Å². The number of nitrogens with zero attached hydrogens (tertiary/aromatic N) is 1. The Morgan fingerprint density at radius 1 is 1.21 bits per heavy atom. The second kappa shape index (κ2) is 7.00. The maximum atomic E-state index is 13.9. The van der Waals surface area contributed by atoms with Crippen LogP contribution in [-0.4, -0.2) is 24.4 Å². The van der Waals surface area contributed by atoms with Crippen LogP contribution in [0.1, 0.15) is 24.0 Å². The topological polar surface area (TPSA) is 65.3 Å². The lowest BCUT2D eigenvalue weighted by molar-refractivity contribution is 0.102.